The molecule has 2 rings (SSSR count). The van der Waals surface area contributed by atoms with Crippen LogP contribution in [0.5, 0.6) is 0 Å². The van der Waals surface area contributed by atoms with Crippen LogP contribution in [-0.2, 0) is 22.6 Å². The minimum absolute atomic E-state index is 0.109. The Labute approximate surface area is 107 Å². The van der Waals surface area contributed by atoms with Crippen molar-refractivity contribution in [3.8, 4) is 0 Å². The lowest BCUT2D eigenvalue weighted by molar-refractivity contribution is -0.137. The summed E-state index contributed by atoms with van der Waals surface area (Å²) in [6.07, 6.45) is 4.98. The van der Waals surface area contributed by atoms with Crippen LogP contribution in [0.2, 0.25) is 0 Å². The highest BCUT2D eigenvalue weighted by molar-refractivity contribution is 5.77. The van der Waals surface area contributed by atoms with Gasteiger partial charge in [0, 0.05) is 6.54 Å². The first kappa shape index (κ1) is 13.1. The van der Waals surface area contributed by atoms with Crippen LogP contribution in [0.1, 0.15) is 36.8 Å². The molecule has 1 amide bonds. The van der Waals surface area contributed by atoms with Crippen molar-refractivity contribution in [1.29, 1.82) is 0 Å². The van der Waals surface area contributed by atoms with Crippen molar-refractivity contribution in [2.75, 3.05) is 0 Å². The lowest BCUT2D eigenvalue weighted by Gasteiger charge is -2.12. The molecular weight excluding hydrogens is 228 g/mol. The lowest BCUT2D eigenvalue weighted by atomic mass is 10.0. The van der Waals surface area contributed by atoms with Crippen LogP contribution in [-0.4, -0.2) is 12.0 Å². The third kappa shape index (κ3) is 3.55. The SMILES string of the molecule is NCc1ccccc1CC(=O)NOC1CCCC1. The van der Waals surface area contributed by atoms with E-state index in [1.54, 1.807) is 0 Å². The standard InChI is InChI=1S/C14H20N2O2/c15-10-12-6-2-1-5-11(12)9-14(17)16-18-13-7-3-4-8-13/h1-2,5-6,13H,3-4,7-10,15H2,(H,16,17). The molecule has 0 unspecified atom stereocenters. The highest BCUT2D eigenvalue weighted by Crippen LogP contribution is 2.19. The summed E-state index contributed by atoms with van der Waals surface area (Å²) in [5, 5.41) is 0. The Morgan fingerprint density at radius 3 is 2.61 bits per heavy atom. The van der Waals surface area contributed by atoms with Gasteiger partial charge in [-0.2, -0.15) is 0 Å². The van der Waals surface area contributed by atoms with Crippen LogP contribution in [0, 0.1) is 0 Å². The molecule has 18 heavy (non-hydrogen) atoms. The molecule has 4 heteroatoms. The van der Waals surface area contributed by atoms with Crippen molar-refractivity contribution in [3.63, 3.8) is 0 Å². The van der Waals surface area contributed by atoms with Crippen LogP contribution in [0.15, 0.2) is 24.3 Å². The third-order valence-corrected chi connectivity index (χ3v) is 3.33. The molecule has 0 atom stereocenters. The van der Waals surface area contributed by atoms with E-state index >= 15 is 0 Å². The fourth-order valence-electron chi connectivity index (χ4n) is 2.29. The van der Waals surface area contributed by atoms with E-state index in [2.05, 4.69) is 5.48 Å². The maximum absolute atomic E-state index is 11.8. The van der Waals surface area contributed by atoms with Gasteiger partial charge in [0.15, 0.2) is 0 Å². The molecule has 0 bridgehead atoms. The largest absolute Gasteiger partial charge is 0.326 e. The average Bonchev–Trinajstić information content (AvgIpc) is 2.90. The number of nitrogens with two attached hydrogens (primary N) is 1. The first-order chi connectivity index (χ1) is 8.79. The quantitative estimate of drug-likeness (QED) is 0.779. The third-order valence-electron chi connectivity index (χ3n) is 3.33. The summed E-state index contributed by atoms with van der Waals surface area (Å²) in [4.78, 5) is 17.1. The summed E-state index contributed by atoms with van der Waals surface area (Å²) < 4.78 is 0. The monoisotopic (exact) mass is 248 g/mol. The molecule has 98 valence electrons. The molecular formula is C14H20N2O2. The smallest absolute Gasteiger partial charge is 0.247 e. The van der Waals surface area contributed by atoms with Crippen LogP contribution in [0.3, 0.4) is 0 Å². The summed E-state index contributed by atoms with van der Waals surface area (Å²) in [6.45, 7) is 0.451. The van der Waals surface area contributed by atoms with E-state index in [0.717, 1.165) is 24.0 Å². The zero-order chi connectivity index (χ0) is 12.8. The normalized spacial score (nSPS) is 15.8. The molecule has 1 aliphatic carbocycles. The van der Waals surface area contributed by atoms with Gasteiger partial charge in [-0.25, -0.2) is 5.48 Å². The number of hydrogen-bond acceptors (Lipinski definition) is 3. The summed E-state index contributed by atoms with van der Waals surface area (Å²) in [7, 11) is 0. The van der Waals surface area contributed by atoms with E-state index in [-0.39, 0.29) is 12.0 Å². The molecule has 0 aliphatic heterocycles. The zero-order valence-electron chi connectivity index (χ0n) is 10.5. The van der Waals surface area contributed by atoms with Crippen molar-refractivity contribution in [1.82, 2.24) is 5.48 Å². The van der Waals surface area contributed by atoms with E-state index in [4.69, 9.17) is 10.6 Å². The van der Waals surface area contributed by atoms with Crippen molar-refractivity contribution < 1.29 is 9.63 Å². The Morgan fingerprint density at radius 1 is 1.28 bits per heavy atom. The number of amides is 1. The van der Waals surface area contributed by atoms with Gasteiger partial charge in [0.05, 0.1) is 12.5 Å². The minimum Gasteiger partial charge on any atom is -0.326 e. The Hall–Kier alpha value is -1.39. The number of hydrogen-bond donors (Lipinski definition) is 2. The first-order valence-corrected chi connectivity index (χ1v) is 6.51. The van der Waals surface area contributed by atoms with Crippen LogP contribution >= 0.6 is 0 Å². The molecule has 0 aromatic heterocycles. The van der Waals surface area contributed by atoms with Crippen molar-refractivity contribution in [2.45, 2.75) is 44.8 Å². The predicted octanol–water partition coefficient (Wildman–Crippen LogP) is 1.68. The molecule has 0 radical (unpaired) electrons. The fraction of sp³-hybridized carbons (Fsp3) is 0.500. The maximum atomic E-state index is 11.8. The number of carbonyl (C=O) groups excluding carboxylic acids is 1. The van der Waals surface area contributed by atoms with Gasteiger partial charge in [-0.05, 0) is 24.0 Å². The molecule has 1 saturated carbocycles. The van der Waals surface area contributed by atoms with Gasteiger partial charge < -0.3 is 5.73 Å². The Kier molecular flexibility index (Phi) is 4.73. The van der Waals surface area contributed by atoms with Crippen molar-refractivity contribution >= 4 is 5.91 Å². The van der Waals surface area contributed by atoms with Crippen LogP contribution < -0.4 is 11.2 Å². The summed E-state index contributed by atoms with van der Waals surface area (Å²) in [5.74, 6) is -0.109. The number of nitrogens with one attached hydrogen (secondary N) is 1. The van der Waals surface area contributed by atoms with Gasteiger partial charge in [0.25, 0.3) is 0 Å². The maximum Gasteiger partial charge on any atom is 0.247 e. The Morgan fingerprint density at radius 2 is 1.94 bits per heavy atom. The van der Waals surface area contributed by atoms with Crippen molar-refractivity contribution in [3.05, 3.63) is 35.4 Å². The van der Waals surface area contributed by atoms with E-state index in [9.17, 15) is 4.79 Å². The van der Waals surface area contributed by atoms with Gasteiger partial charge in [-0.3, -0.25) is 9.63 Å². The number of benzene rings is 1. The molecule has 4 nitrogen and oxygen atoms in total. The van der Waals surface area contributed by atoms with E-state index in [1.165, 1.54) is 12.8 Å². The van der Waals surface area contributed by atoms with E-state index in [0.29, 0.717) is 13.0 Å². The molecule has 0 spiro atoms. The second-order valence-electron chi connectivity index (χ2n) is 4.70. The van der Waals surface area contributed by atoms with Crippen LogP contribution in [0.25, 0.3) is 0 Å². The molecule has 3 N–H and O–H groups in total. The summed E-state index contributed by atoms with van der Waals surface area (Å²) in [6, 6.07) is 7.72. The minimum atomic E-state index is -0.109. The molecule has 1 aromatic rings. The molecule has 1 aromatic carbocycles. The topological polar surface area (TPSA) is 64.4 Å². The van der Waals surface area contributed by atoms with E-state index in [1.807, 2.05) is 24.3 Å². The Bertz CT molecular complexity index is 401. The van der Waals surface area contributed by atoms with Crippen molar-refractivity contribution in [2.24, 2.45) is 5.73 Å². The first-order valence-electron chi connectivity index (χ1n) is 6.51. The van der Waals surface area contributed by atoms with Gasteiger partial charge in [0.2, 0.25) is 5.91 Å². The summed E-state index contributed by atoms with van der Waals surface area (Å²) in [5.41, 5.74) is 10.2. The predicted molar refractivity (Wildman–Crippen MR) is 69.5 cm³/mol. The highest BCUT2D eigenvalue weighted by atomic mass is 16.7. The zero-order valence-corrected chi connectivity index (χ0v) is 10.5. The average molecular weight is 248 g/mol. The van der Waals surface area contributed by atoms with Gasteiger partial charge in [-0.15, -0.1) is 0 Å². The van der Waals surface area contributed by atoms with E-state index < -0.39 is 0 Å². The fourth-order valence-corrected chi connectivity index (χ4v) is 2.29. The molecule has 0 saturated heterocycles. The van der Waals surface area contributed by atoms with Crippen LogP contribution in [0.4, 0.5) is 0 Å². The lowest BCUT2D eigenvalue weighted by Crippen LogP contribution is -2.29. The van der Waals surface area contributed by atoms with Gasteiger partial charge in [0.1, 0.15) is 0 Å². The number of hydroxylamine groups is 1. The Balaban J connectivity index is 1.82. The van der Waals surface area contributed by atoms with Gasteiger partial charge in [-0.1, -0.05) is 37.1 Å². The molecule has 0 heterocycles. The second kappa shape index (κ2) is 6.52. The molecule has 1 fully saturated rings. The molecule has 1 aliphatic rings. The highest BCUT2D eigenvalue weighted by Gasteiger charge is 2.17. The summed E-state index contributed by atoms with van der Waals surface area (Å²) >= 11 is 0. The second-order valence-corrected chi connectivity index (χ2v) is 4.70. The number of carbonyl (C=O) groups is 1. The van der Waals surface area contributed by atoms with Gasteiger partial charge >= 0.3 is 0 Å². The number of rotatable bonds is 5.